The van der Waals surface area contributed by atoms with Gasteiger partial charge >= 0.3 is 0 Å². The molecule has 0 aliphatic rings. The van der Waals surface area contributed by atoms with Crippen molar-refractivity contribution >= 4 is 40.1 Å². The summed E-state index contributed by atoms with van der Waals surface area (Å²) in [5.74, 6) is 0. The largest absolute Gasteiger partial charge is 0.355 e. The minimum Gasteiger partial charge on any atom is -0.355 e. The van der Waals surface area contributed by atoms with Gasteiger partial charge in [0.2, 0.25) is 6.29 Å². The van der Waals surface area contributed by atoms with E-state index in [0.29, 0.717) is 5.11 Å². The number of thiocarbonyl (C=S) groups is 1. The monoisotopic (exact) mass is 243 g/mol. The van der Waals surface area contributed by atoms with Crippen LogP contribution in [0.15, 0.2) is 42.5 Å². The zero-order valence-corrected chi connectivity index (χ0v) is 9.88. The highest BCUT2D eigenvalue weighted by Gasteiger charge is 2.01. The zero-order chi connectivity index (χ0) is 12.1. The minimum atomic E-state index is 0.0938. The second-order valence-electron chi connectivity index (χ2n) is 3.48. The third-order valence-corrected chi connectivity index (χ3v) is 2.61. The number of anilines is 1. The molecule has 0 spiro atoms. The lowest BCUT2D eigenvalue weighted by molar-refractivity contribution is 0.554. The zero-order valence-electron chi connectivity index (χ0n) is 9.07. The quantitative estimate of drug-likeness (QED) is 0.811. The maximum absolute atomic E-state index is 10.1. The van der Waals surface area contributed by atoms with Gasteiger partial charge in [0.1, 0.15) is 0 Å². The van der Waals surface area contributed by atoms with E-state index >= 15 is 0 Å². The van der Waals surface area contributed by atoms with Crippen LogP contribution in [0.3, 0.4) is 0 Å². The summed E-state index contributed by atoms with van der Waals surface area (Å²) in [6, 6.07) is 14.0. The molecule has 4 heteroatoms. The van der Waals surface area contributed by atoms with E-state index in [1.54, 1.807) is 6.29 Å². The summed E-state index contributed by atoms with van der Waals surface area (Å²) in [5, 5.41) is 8.46. The van der Waals surface area contributed by atoms with Crippen molar-refractivity contribution in [3.05, 3.63) is 42.5 Å². The number of hydrogen-bond donors (Lipinski definition) is 2. The molecule has 0 fully saturated rings. The number of hydrogen-bond acceptors (Lipinski definition) is 2. The molecule has 0 atom stereocenters. The van der Waals surface area contributed by atoms with Crippen molar-refractivity contribution in [2.45, 2.75) is 0 Å². The molecule has 0 aliphatic carbocycles. The summed E-state index contributed by atoms with van der Waals surface area (Å²) in [6.07, 6.45) is 1.73. The van der Waals surface area contributed by atoms with Crippen LogP contribution in [0.5, 0.6) is 0 Å². The van der Waals surface area contributed by atoms with E-state index in [0.717, 1.165) is 16.5 Å². The number of benzene rings is 2. The van der Waals surface area contributed by atoms with Gasteiger partial charge in [-0.2, -0.15) is 0 Å². The molecule has 0 aliphatic heterocycles. The smallest absolute Gasteiger partial charge is 0.219 e. The van der Waals surface area contributed by atoms with Gasteiger partial charge in [0, 0.05) is 11.1 Å². The average Bonchev–Trinajstić information content (AvgIpc) is 2.37. The van der Waals surface area contributed by atoms with Crippen LogP contribution in [0.4, 0.5) is 5.69 Å². The van der Waals surface area contributed by atoms with Crippen LogP contribution >= 0.6 is 12.2 Å². The maximum Gasteiger partial charge on any atom is 0.219 e. The van der Waals surface area contributed by atoms with Crippen molar-refractivity contribution in [1.82, 2.24) is 5.32 Å². The van der Waals surface area contributed by atoms with Gasteiger partial charge in [-0.15, -0.1) is 0 Å². The Morgan fingerprint density at radius 2 is 1.94 bits per heavy atom. The molecule has 1 radical (unpaired) electrons. The van der Waals surface area contributed by atoms with Gasteiger partial charge in [-0.1, -0.05) is 36.4 Å². The summed E-state index contributed by atoms with van der Waals surface area (Å²) in [6.45, 7) is 0.0938. The molecule has 2 aromatic carbocycles. The summed E-state index contributed by atoms with van der Waals surface area (Å²) < 4.78 is 0. The predicted molar refractivity (Wildman–Crippen MR) is 73.9 cm³/mol. The molecule has 85 valence electrons. The first kappa shape index (κ1) is 11.5. The molecule has 0 heterocycles. The van der Waals surface area contributed by atoms with Crippen LogP contribution in [0.25, 0.3) is 10.8 Å². The molecule has 0 saturated carbocycles. The second kappa shape index (κ2) is 5.41. The lowest BCUT2D eigenvalue weighted by Gasteiger charge is -2.10. The molecule has 0 bridgehead atoms. The molecule has 17 heavy (non-hydrogen) atoms. The molecular formula is C13H11N2OS. The van der Waals surface area contributed by atoms with Crippen LogP contribution in [0, 0.1) is 0 Å². The third-order valence-electron chi connectivity index (χ3n) is 2.36. The molecule has 0 aromatic heterocycles. The number of nitrogens with one attached hydrogen (secondary N) is 2. The Bertz CT molecular complexity index is 549. The number of fused-ring (bicyclic) bond motifs is 1. The summed E-state index contributed by atoms with van der Waals surface area (Å²) in [7, 11) is 0. The van der Waals surface area contributed by atoms with Gasteiger partial charge in [-0.25, -0.2) is 0 Å². The summed E-state index contributed by atoms with van der Waals surface area (Å²) in [5.41, 5.74) is 0.923. The first-order valence-corrected chi connectivity index (χ1v) is 5.59. The molecular weight excluding hydrogens is 232 g/mol. The third kappa shape index (κ3) is 2.79. The SMILES string of the molecule is O=[C]CNC(=S)Nc1cccc2ccccc12. The van der Waals surface area contributed by atoms with Gasteiger partial charge in [-0.3, -0.25) is 4.79 Å². The molecule has 2 N–H and O–H groups in total. The predicted octanol–water partition coefficient (Wildman–Crippen LogP) is 2.24. The maximum atomic E-state index is 10.1. The highest BCUT2D eigenvalue weighted by atomic mass is 32.1. The Morgan fingerprint density at radius 1 is 1.18 bits per heavy atom. The van der Waals surface area contributed by atoms with E-state index in [1.165, 1.54) is 0 Å². The highest BCUT2D eigenvalue weighted by molar-refractivity contribution is 7.80. The second-order valence-corrected chi connectivity index (χ2v) is 3.89. The van der Waals surface area contributed by atoms with E-state index in [9.17, 15) is 4.79 Å². The normalized spacial score (nSPS) is 9.88. The highest BCUT2D eigenvalue weighted by Crippen LogP contribution is 2.22. The van der Waals surface area contributed by atoms with Crippen molar-refractivity contribution in [1.29, 1.82) is 0 Å². The standard InChI is InChI=1S/C13H11N2OS/c16-9-8-14-13(17)15-12-7-3-5-10-4-1-2-6-11(10)12/h1-7H,8H2,(H2,14,15,17). The van der Waals surface area contributed by atoms with Crippen LogP contribution in [0.1, 0.15) is 0 Å². The lowest BCUT2D eigenvalue weighted by atomic mass is 10.1. The van der Waals surface area contributed by atoms with Crippen LogP contribution in [0.2, 0.25) is 0 Å². The van der Waals surface area contributed by atoms with Gasteiger partial charge < -0.3 is 10.6 Å². The van der Waals surface area contributed by atoms with Crippen molar-refractivity contribution in [3.63, 3.8) is 0 Å². The Kier molecular flexibility index (Phi) is 3.67. The van der Waals surface area contributed by atoms with Gasteiger partial charge in [-0.05, 0) is 23.7 Å². The lowest BCUT2D eigenvalue weighted by Crippen LogP contribution is -2.29. The van der Waals surface area contributed by atoms with E-state index in [-0.39, 0.29) is 6.54 Å². The van der Waals surface area contributed by atoms with Crippen LogP contribution in [-0.4, -0.2) is 17.9 Å². The van der Waals surface area contributed by atoms with Crippen molar-refractivity contribution < 1.29 is 4.79 Å². The topological polar surface area (TPSA) is 41.1 Å². The first-order chi connectivity index (χ1) is 8.31. The molecule has 3 nitrogen and oxygen atoms in total. The van der Waals surface area contributed by atoms with E-state index in [4.69, 9.17) is 12.2 Å². The van der Waals surface area contributed by atoms with Crippen molar-refractivity contribution in [3.8, 4) is 0 Å². The fraction of sp³-hybridized carbons (Fsp3) is 0.0769. The number of rotatable bonds is 3. The van der Waals surface area contributed by atoms with Crippen molar-refractivity contribution in [2.75, 3.05) is 11.9 Å². The van der Waals surface area contributed by atoms with E-state index < -0.39 is 0 Å². The van der Waals surface area contributed by atoms with Gasteiger partial charge in [0.15, 0.2) is 5.11 Å². The molecule has 0 unspecified atom stereocenters. The summed E-state index contributed by atoms with van der Waals surface area (Å²) >= 11 is 5.06. The Morgan fingerprint density at radius 3 is 2.76 bits per heavy atom. The molecule has 2 rings (SSSR count). The Labute approximate surface area is 105 Å². The van der Waals surface area contributed by atoms with Gasteiger partial charge in [0.25, 0.3) is 0 Å². The Balaban J connectivity index is 2.23. The number of carbonyl (C=O) groups excluding carboxylic acids is 1. The first-order valence-electron chi connectivity index (χ1n) is 5.19. The van der Waals surface area contributed by atoms with Crippen LogP contribution < -0.4 is 10.6 Å². The molecule has 0 amide bonds. The average molecular weight is 243 g/mol. The van der Waals surface area contributed by atoms with Crippen LogP contribution in [-0.2, 0) is 4.79 Å². The fourth-order valence-electron chi connectivity index (χ4n) is 1.62. The molecule has 0 saturated heterocycles. The van der Waals surface area contributed by atoms with E-state index in [2.05, 4.69) is 10.6 Å². The summed E-state index contributed by atoms with van der Waals surface area (Å²) in [4.78, 5) is 10.1. The Hall–Kier alpha value is -1.94. The molecule has 2 aromatic rings. The van der Waals surface area contributed by atoms with Gasteiger partial charge in [0.05, 0.1) is 6.54 Å². The minimum absolute atomic E-state index is 0.0938. The fourth-order valence-corrected chi connectivity index (χ4v) is 1.80. The van der Waals surface area contributed by atoms with Crippen molar-refractivity contribution in [2.24, 2.45) is 0 Å². The van der Waals surface area contributed by atoms with E-state index in [1.807, 2.05) is 42.5 Å².